The Hall–Kier alpha value is -2.36. The van der Waals surface area contributed by atoms with Crippen LogP contribution in [0.15, 0.2) is 36.4 Å². The topological polar surface area (TPSA) is 3.88 Å². The summed E-state index contributed by atoms with van der Waals surface area (Å²) in [6.07, 6.45) is -4.27. The first-order valence-corrected chi connectivity index (χ1v) is 10.4. The van der Waals surface area contributed by atoms with Crippen LogP contribution >= 0.6 is 0 Å². The van der Waals surface area contributed by atoms with Crippen molar-refractivity contribution in [1.82, 2.24) is 0 Å². The van der Waals surface area contributed by atoms with E-state index in [4.69, 9.17) is 0 Å². The highest BCUT2D eigenvalue weighted by molar-refractivity contribution is 5.89. The molecule has 2 aromatic carbocycles. The lowest BCUT2D eigenvalue weighted by molar-refractivity contribution is -0.633. The van der Waals surface area contributed by atoms with Crippen molar-refractivity contribution in [2.45, 2.75) is 65.0 Å². The maximum Gasteiger partial charge on any atom is 0.398 e. The molecule has 0 saturated heterocycles. The normalized spacial score (nSPS) is 20.6. The third-order valence-corrected chi connectivity index (χ3v) is 7.15. The van der Waals surface area contributed by atoms with E-state index in [2.05, 4.69) is 43.5 Å². The van der Waals surface area contributed by atoms with Gasteiger partial charge in [-0.15, -0.1) is 0 Å². The number of pyridine rings is 1. The molecule has 0 bridgehead atoms. The lowest BCUT2D eigenvalue weighted by Crippen LogP contribution is -2.48. The zero-order valence-corrected chi connectivity index (χ0v) is 18.8. The van der Waals surface area contributed by atoms with Crippen LogP contribution in [0.1, 0.15) is 55.0 Å². The lowest BCUT2D eigenvalue weighted by atomic mass is 9.61. The minimum absolute atomic E-state index is 0.0363. The fraction of sp³-hybridized carbons (Fsp3) is 0.423. The number of hydrogen-bond donors (Lipinski definition) is 0. The molecule has 158 valence electrons. The number of aromatic nitrogens is 1. The van der Waals surface area contributed by atoms with Crippen LogP contribution in [-0.4, -0.2) is 6.18 Å². The summed E-state index contributed by atoms with van der Waals surface area (Å²) < 4.78 is 44.9. The van der Waals surface area contributed by atoms with E-state index in [1.807, 2.05) is 27.0 Å². The molecule has 1 unspecified atom stereocenters. The third-order valence-electron chi connectivity index (χ3n) is 7.15. The van der Waals surface area contributed by atoms with Crippen molar-refractivity contribution in [2.75, 3.05) is 0 Å². The van der Waals surface area contributed by atoms with Gasteiger partial charge in [-0.05, 0) is 67.9 Å². The molecule has 0 fully saturated rings. The van der Waals surface area contributed by atoms with Crippen LogP contribution in [0.4, 0.5) is 13.2 Å². The highest BCUT2D eigenvalue weighted by Crippen LogP contribution is 2.55. The number of benzene rings is 2. The Kier molecular flexibility index (Phi) is 4.40. The van der Waals surface area contributed by atoms with Gasteiger partial charge in [-0.1, -0.05) is 37.6 Å². The molecular formula is C26H29F3N+. The monoisotopic (exact) mass is 412 g/mol. The maximum atomic E-state index is 14.3. The van der Waals surface area contributed by atoms with Crippen molar-refractivity contribution in [2.24, 2.45) is 7.05 Å². The van der Waals surface area contributed by atoms with Gasteiger partial charge in [0.2, 0.25) is 11.2 Å². The van der Waals surface area contributed by atoms with Gasteiger partial charge in [-0.3, -0.25) is 0 Å². The van der Waals surface area contributed by atoms with Crippen molar-refractivity contribution in [3.05, 3.63) is 64.2 Å². The van der Waals surface area contributed by atoms with E-state index in [0.717, 1.165) is 27.7 Å². The van der Waals surface area contributed by atoms with Crippen LogP contribution in [0.3, 0.4) is 0 Å². The number of aryl methyl sites for hydroxylation is 3. The van der Waals surface area contributed by atoms with Crippen LogP contribution in [0, 0.1) is 20.8 Å². The fourth-order valence-electron chi connectivity index (χ4n) is 5.42. The van der Waals surface area contributed by atoms with E-state index in [0.29, 0.717) is 5.56 Å². The molecule has 0 saturated carbocycles. The predicted octanol–water partition coefficient (Wildman–Crippen LogP) is 6.76. The molecule has 1 aliphatic rings. The van der Waals surface area contributed by atoms with Crippen LogP contribution in [0.25, 0.3) is 22.2 Å². The number of nitrogens with zero attached hydrogens (tertiary/aromatic N) is 1. The average molecular weight is 413 g/mol. The maximum absolute atomic E-state index is 14.3. The highest BCUT2D eigenvalue weighted by atomic mass is 19.4. The largest absolute Gasteiger partial charge is 0.398 e. The summed E-state index contributed by atoms with van der Waals surface area (Å²) in [5.74, 6) is 0. The van der Waals surface area contributed by atoms with Gasteiger partial charge in [-0.2, -0.15) is 17.7 Å². The number of hydrogen-bond acceptors (Lipinski definition) is 0. The zero-order valence-electron chi connectivity index (χ0n) is 18.8. The smallest absolute Gasteiger partial charge is 0.194 e. The van der Waals surface area contributed by atoms with E-state index in [9.17, 15) is 13.2 Å². The molecule has 0 spiro atoms. The van der Waals surface area contributed by atoms with E-state index in [1.54, 1.807) is 12.1 Å². The summed E-state index contributed by atoms with van der Waals surface area (Å²) in [7, 11) is 1.96. The third kappa shape index (κ3) is 2.79. The Balaban J connectivity index is 2.15. The second-order valence-electron chi connectivity index (χ2n) is 9.85. The summed E-state index contributed by atoms with van der Waals surface area (Å²) in [6, 6.07) is 11.8. The molecule has 0 N–H and O–H groups in total. The second kappa shape index (κ2) is 6.32. The molecule has 1 aromatic heterocycles. The summed E-state index contributed by atoms with van der Waals surface area (Å²) in [4.78, 5) is 0. The van der Waals surface area contributed by atoms with Crippen molar-refractivity contribution in [3.8, 4) is 11.3 Å². The Morgan fingerprint density at radius 2 is 1.60 bits per heavy atom. The second-order valence-corrected chi connectivity index (χ2v) is 9.85. The molecule has 1 atom stereocenters. The molecule has 0 aliphatic heterocycles. The van der Waals surface area contributed by atoms with E-state index >= 15 is 0 Å². The van der Waals surface area contributed by atoms with Gasteiger partial charge in [0.05, 0.1) is 10.8 Å². The van der Waals surface area contributed by atoms with Crippen molar-refractivity contribution in [3.63, 3.8) is 0 Å². The predicted molar refractivity (Wildman–Crippen MR) is 116 cm³/mol. The first kappa shape index (κ1) is 20.9. The van der Waals surface area contributed by atoms with Gasteiger partial charge in [0.1, 0.15) is 7.05 Å². The molecule has 0 radical (unpaired) electrons. The van der Waals surface area contributed by atoms with E-state index in [-0.39, 0.29) is 6.42 Å². The quantitative estimate of drug-likeness (QED) is 0.389. The van der Waals surface area contributed by atoms with Gasteiger partial charge < -0.3 is 0 Å². The minimum Gasteiger partial charge on any atom is -0.194 e. The molecule has 30 heavy (non-hydrogen) atoms. The van der Waals surface area contributed by atoms with Crippen molar-refractivity contribution in [1.29, 1.82) is 0 Å². The SMILES string of the molecule is Cc1cc(C)c(C)c(-c2cc3c4c(cccc4[n+]2C)C(C)(C(F)(F)F)CC3(C)C)c1. The highest BCUT2D eigenvalue weighted by Gasteiger charge is 2.58. The first-order chi connectivity index (χ1) is 13.8. The molecule has 0 amide bonds. The number of rotatable bonds is 1. The standard InChI is InChI=1S/C26H29F3N/c1-15-11-16(2)17(3)18(12-15)22-13-20-23-19(9-8-10-21(23)30(22)7)25(6,26(27,28)29)14-24(20,4)5/h8-13H,14H2,1-7H3/q+1. The Morgan fingerprint density at radius 3 is 2.23 bits per heavy atom. The van der Waals surface area contributed by atoms with E-state index < -0.39 is 17.0 Å². The van der Waals surface area contributed by atoms with E-state index in [1.165, 1.54) is 23.6 Å². The zero-order chi connectivity index (χ0) is 22.2. The van der Waals surface area contributed by atoms with Crippen molar-refractivity contribution < 1.29 is 17.7 Å². The van der Waals surface area contributed by atoms with Crippen molar-refractivity contribution >= 4 is 10.9 Å². The van der Waals surface area contributed by atoms with Crippen LogP contribution < -0.4 is 4.57 Å². The van der Waals surface area contributed by atoms with Crippen LogP contribution in [-0.2, 0) is 17.9 Å². The summed E-state index contributed by atoms with van der Waals surface area (Å²) >= 11 is 0. The molecular weight excluding hydrogens is 383 g/mol. The Labute approximate surface area is 176 Å². The van der Waals surface area contributed by atoms with Gasteiger partial charge >= 0.3 is 6.18 Å². The Bertz CT molecular complexity index is 1190. The minimum atomic E-state index is -4.31. The summed E-state index contributed by atoms with van der Waals surface area (Å²) in [5.41, 5.74) is 5.55. The van der Waals surface area contributed by atoms with Crippen LogP contribution in [0.2, 0.25) is 0 Å². The number of alkyl halides is 3. The summed E-state index contributed by atoms with van der Waals surface area (Å²) in [6.45, 7) is 11.5. The number of halogens is 3. The Morgan fingerprint density at radius 1 is 0.933 bits per heavy atom. The summed E-state index contributed by atoms with van der Waals surface area (Å²) in [5, 5.41) is 0.752. The average Bonchev–Trinajstić information content (AvgIpc) is 2.62. The lowest BCUT2D eigenvalue weighted by Gasteiger charge is -2.44. The molecule has 4 rings (SSSR count). The molecule has 3 aromatic rings. The van der Waals surface area contributed by atoms with Gasteiger partial charge in [0.15, 0.2) is 0 Å². The van der Waals surface area contributed by atoms with Gasteiger partial charge in [0, 0.05) is 17.7 Å². The molecule has 4 heteroatoms. The first-order valence-electron chi connectivity index (χ1n) is 10.4. The molecule has 1 aliphatic carbocycles. The van der Waals surface area contributed by atoms with Crippen LogP contribution in [0.5, 0.6) is 0 Å². The fourth-order valence-corrected chi connectivity index (χ4v) is 5.42. The van der Waals surface area contributed by atoms with Gasteiger partial charge in [-0.25, -0.2) is 0 Å². The molecule has 1 heterocycles. The van der Waals surface area contributed by atoms with Gasteiger partial charge in [0.25, 0.3) is 0 Å². The molecule has 1 nitrogen and oxygen atoms in total.